The number of hydrogen-bond acceptors (Lipinski definition) is 17. The molecule has 68 heavy (non-hydrogen) atoms. The number of aliphatic carboxylic acids is 1. The van der Waals surface area contributed by atoms with Crippen molar-refractivity contribution in [3.8, 4) is 0 Å². The predicted molar refractivity (Wildman–Crippen MR) is 238 cm³/mol. The number of carboxylic acid groups (broad SMARTS) is 1. The monoisotopic (exact) mass is 967 g/mol. The number of allylic oxidation sites excluding steroid dienone is 2. The second-order valence-corrected chi connectivity index (χ2v) is 23.6. The minimum absolute atomic E-state index is 0.00775. The van der Waals surface area contributed by atoms with Gasteiger partial charge in [-0.25, -0.2) is 0 Å². The van der Waals surface area contributed by atoms with E-state index in [1.165, 1.54) is 12.5 Å². The molecule has 3 saturated heterocycles. The summed E-state index contributed by atoms with van der Waals surface area (Å²) >= 11 is 0. The van der Waals surface area contributed by atoms with Crippen molar-refractivity contribution in [2.45, 2.75) is 213 Å². The second-order valence-electron chi connectivity index (χ2n) is 23.6. The summed E-state index contributed by atoms with van der Waals surface area (Å²) in [5.41, 5.74) is -0.647. The molecule has 0 aromatic carbocycles. The zero-order valence-corrected chi connectivity index (χ0v) is 41.2. The van der Waals surface area contributed by atoms with Crippen molar-refractivity contribution >= 4 is 17.9 Å². The Morgan fingerprint density at radius 1 is 0.706 bits per heavy atom. The minimum Gasteiger partial charge on any atom is -0.481 e. The average Bonchev–Trinajstić information content (AvgIpc) is 3.26. The third kappa shape index (κ3) is 8.49. The van der Waals surface area contributed by atoms with Gasteiger partial charge in [-0.2, -0.15) is 0 Å². The number of aliphatic hydroxyl groups excluding tert-OH is 6. The first kappa shape index (κ1) is 52.0. The first-order chi connectivity index (χ1) is 31.8. The fourth-order valence-electron chi connectivity index (χ4n) is 15.1. The van der Waals surface area contributed by atoms with Gasteiger partial charge in [0, 0.05) is 19.3 Å². The zero-order chi connectivity index (χ0) is 49.7. The van der Waals surface area contributed by atoms with Crippen LogP contribution in [0.5, 0.6) is 0 Å². The third-order valence-corrected chi connectivity index (χ3v) is 19.3. The van der Waals surface area contributed by atoms with Crippen LogP contribution in [0.15, 0.2) is 11.6 Å². The molecule has 22 atom stereocenters. The van der Waals surface area contributed by atoms with E-state index in [4.69, 9.17) is 37.9 Å². The number of carbonyl (C=O) groups is 3. The standard InChI is InChI=1S/C50H78O18/c1-24-34(55)38(67-43-40(65-26(3)53)36(57)30(22-62-43)64-25(2)52)37(58)41(63-24)68-39-35(56)29(54)21-61-42(39)66-33-13-14-46(6)31(47(33,7)23-51)12-15-49(9)32(46)11-10-27-28-20-45(4,5)16-18-50(28,44(59)60)19-17-48(27,49)8/h10,24,28-43,51,54-58H,11-23H2,1-9H3,(H,59,60)/t24-,28-,29-,30-,31+,32+,33-,34-,35-,36-,37+,38+,39+,40+,41-,42-,43-,46-,47-,48+,49+,50-/m0/s1. The number of esters is 2. The van der Waals surface area contributed by atoms with E-state index in [2.05, 4.69) is 40.7 Å². The summed E-state index contributed by atoms with van der Waals surface area (Å²) in [5, 5.41) is 78.6. The molecule has 0 spiro atoms. The molecule has 4 saturated carbocycles. The highest BCUT2D eigenvalue weighted by Crippen LogP contribution is 2.76. The summed E-state index contributed by atoms with van der Waals surface area (Å²) in [4.78, 5) is 36.9. The number of rotatable bonds is 10. The normalized spacial score (nSPS) is 51.1. The minimum atomic E-state index is -1.80. The number of aliphatic hydroxyl groups is 6. The van der Waals surface area contributed by atoms with E-state index < -0.39 is 115 Å². The van der Waals surface area contributed by atoms with Gasteiger partial charge >= 0.3 is 17.9 Å². The highest BCUT2D eigenvalue weighted by molar-refractivity contribution is 5.76. The molecule has 0 aromatic heterocycles. The molecule has 386 valence electrons. The fraction of sp³-hybridized carbons (Fsp3) is 0.900. The Morgan fingerprint density at radius 3 is 2.01 bits per heavy atom. The van der Waals surface area contributed by atoms with Gasteiger partial charge in [0.15, 0.2) is 31.1 Å². The summed E-state index contributed by atoms with van der Waals surface area (Å²) in [7, 11) is 0. The van der Waals surface area contributed by atoms with Crippen molar-refractivity contribution in [2.24, 2.45) is 50.2 Å². The highest BCUT2D eigenvalue weighted by Gasteiger charge is 2.70. The molecule has 8 rings (SSSR count). The Labute approximate surface area is 399 Å². The van der Waals surface area contributed by atoms with Crippen molar-refractivity contribution in [3.63, 3.8) is 0 Å². The lowest BCUT2D eigenvalue weighted by Crippen LogP contribution is -2.67. The zero-order valence-electron chi connectivity index (χ0n) is 41.2. The average molecular weight is 967 g/mol. The van der Waals surface area contributed by atoms with Crippen LogP contribution >= 0.6 is 0 Å². The Kier molecular flexibility index (Phi) is 14.2. The molecular weight excluding hydrogens is 889 g/mol. The van der Waals surface area contributed by atoms with E-state index in [-0.39, 0.29) is 59.2 Å². The maximum atomic E-state index is 13.2. The molecule has 0 bridgehead atoms. The van der Waals surface area contributed by atoms with Gasteiger partial charge in [-0.1, -0.05) is 53.2 Å². The van der Waals surface area contributed by atoms with Crippen LogP contribution in [0.2, 0.25) is 0 Å². The summed E-state index contributed by atoms with van der Waals surface area (Å²) < 4.78 is 47.2. The SMILES string of the molecule is CC(=O)O[C@H]1[C@H](O[C@@H]2[C@@H](O)[C@H](C)O[C@@H](O[C@H]3[C@H](O[C@H]4CC[C@@]5(C)[C@@H](CC[C@]6(C)[C@@H]5CC=C5[C@@H]7CC(C)(C)CC[C@]7(C(=O)O)CC[C@]56C)[C@]4(C)CO)OC[C@H](O)[C@@H]3O)[C@@H]2O)OC[C@H](OC(C)=O)[C@@H]1O. The lowest BCUT2D eigenvalue weighted by Gasteiger charge is -2.71. The fourth-order valence-corrected chi connectivity index (χ4v) is 15.1. The lowest BCUT2D eigenvalue weighted by atomic mass is 9.33. The van der Waals surface area contributed by atoms with Gasteiger partial charge < -0.3 is 73.6 Å². The van der Waals surface area contributed by atoms with E-state index in [9.17, 15) is 50.1 Å². The summed E-state index contributed by atoms with van der Waals surface area (Å²) in [6.07, 6.45) is -9.55. The number of carboxylic acids is 1. The van der Waals surface area contributed by atoms with Crippen molar-refractivity contribution < 1.29 is 88.0 Å². The van der Waals surface area contributed by atoms with Crippen LogP contribution in [0.25, 0.3) is 0 Å². The van der Waals surface area contributed by atoms with Gasteiger partial charge in [-0.3, -0.25) is 14.4 Å². The van der Waals surface area contributed by atoms with Gasteiger partial charge in [0.25, 0.3) is 0 Å². The van der Waals surface area contributed by atoms with Crippen molar-refractivity contribution in [1.82, 2.24) is 0 Å². The number of carbonyl (C=O) groups excluding carboxylic acids is 2. The largest absolute Gasteiger partial charge is 0.481 e. The molecule has 18 heteroatoms. The molecule has 3 aliphatic heterocycles. The predicted octanol–water partition coefficient (Wildman–Crippen LogP) is 3.13. The molecule has 0 amide bonds. The molecular formula is C50H78O18. The van der Waals surface area contributed by atoms with E-state index in [1.54, 1.807) is 0 Å². The van der Waals surface area contributed by atoms with E-state index in [0.29, 0.717) is 19.3 Å². The Morgan fingerprint density at radius 2 is 1.35 bits per heavy atom. The first-order valence-corrected chi connectivity index (χ1v) is 24.9. The van der Waals surface area contributed by atoms with Crippen LogP contribution < -0.4 is 0 Å². The quantitative estimate of drug-likeness (QED) is 0.0942. The molecule has 3 heterocycles. The summed E-state index contributed by atoms with van der Waals surface area (Å²) in [6, 6.07) is 0. The van der Waals surface area contributed by atoms with Crippen LogP contribution in [0, 0.1) is 50.2 Å². The van der Waals surface area contributed by atoms with Crippen molar-refractivity contribution in [2.75, 3.05) is 19.8 Å². The molecule has 0 radical (unpaired) electrons. The highest BCUT2D eigenvalue weighted by atomic mass is 16.8. The van der Waals surface area contributed by atoms with Gasteiger partial charge in [0.1, 0.15) is 42.7 Å². The van der Waals surface area contributed by atoms with Crippen molar-refractivity contribution in [3.05, 3.63) is 11.6 Å². The van der Waals surface area contributed by atoms with Gasteiger partial charge in [0.05, 0.1) is 37.4 Å². The topological polar surface area (TPSA) is 267 Å². The van der Waals surface area contributed by atoms with E-state index in [0.717, 1.165) is 58.8 Å². The number of hydrogen-bond donors (Lipinski definition) is 7. The smallest absolute Gasteiger partial charge is 0.310 e. The maximum absolute atomic E-state index is 13.2. The Balaban J connectivity index is 1.01. The van der Waals surface area contributed by atoms with E-state index >= 15 is 0 Å². The molecule has 7 N–H and O–H groups in total. The molecule has 0 aromatic rings. The van der Waals surface area contributed by atoms with E-state index in [1.807, 2.05) is 6.92 Å². The third-order valence-electron chi connectivity index (χ3n) is 19.3. The molecule has 7 fully saturated rings. The Bertz CT molecular complexity index is 1930. The summed E-state index contributed by atoms with van der Waals surface area (Å²) in [6.45, 7) is 16.7. The molecule has 18 nitrogen and oxygen atoms in total. The number of ether oxygens (including phenoxy) is 8. The van der Waals surface area contributed by atoms with Crippen molar-refractivity contribution in [1.29, 1.82) is 0 Å². The van der Waals surface area contributed by atoms with Crippen LogP contribution in [-0.4, -0.2) is 159 Å². The van der Waals surface area contributed by atoms with Crippen LogP contribution in [-0.2, 0) is 52.3 Å². The Hall–Kier alpha value is -2.33. The first-order valence-electron chi connectivity index (χ1n) is 24.9. The van der Waals surface area contributed by atoms with Crippen LogP contribution in [0.4, 0.5) is 0 Å². The van der Waals surface area contributed by atoms with Crippen LogP contribution in [0.1, 0.15) is 127 Å². The van der Waals surface area contributed by atoms with Gasteiger partial charge in [-0.15, -0.1) is 0 Å². The van der Waals surface area contributed by atoms with Gasteiger partial charge in [0.2, 0.25) is 0 Å². The molecule has 8 aliphatic rings. The number of fused-ring (bicyclic) bond motifs is 7. The van der Waals surface area contributed by atoms with Gasteiger partial charge in [-0.05, 0) is 111 Å². The lowest BCUT2D eigenvalue weighted by molar-refractivity contribution is -0.379. The van der Waals surface area contributed by atoms with Crippen LogP contribution in [0.3, 0.4) is 0 Å². The molecule has 5 aliphatic carbocycles. The molecule has 0 unspecified atom stereocenters. The summed E-state index contributed by atoms with van der Waals surface area (Å²) in [5.74, 6) is -1.93. The maximum Gasteiger partial charge on any atom is 0.310 e. The second kappa shape index (κ2) is 18.6.